The lowest BCUT2D eigenvalue weighted by Crippen LogP contribution is -2.40. The van der Waals surface area contributed by atoms with E-state index in [9.17, 15) is 19.2 Å². The molecule has 0 saturated heterocycles. The molecule has 11 nitrogen and oxygen atoms in total. The predicted octanol–water partition coefficient (Wildman–Crippen LogP) is 6.15. The number of methoxy groups -OCH3 is 1. The van der Waals surface area contributed by atoms with Gasteiger partial charge in [0.15, 0.2) is 5.69 Å². The Morgan fingerprint density at radius 1 is 0.979 bits per heavy atom. The molecule has 0 unspecified atom stereocenters. The lowest BCUT2D eigenvalue weighted by atomic mass is 9.85. The summed E-state index contributed by atoms with van der Waals surface area (Å²) in [6.45, 7) is 8.88. The van der Waals surface area contributed by atoms with Gasteiger partial charge in [0.2, 0.25) is 0 Å². The van der Waals surface area contributed by atoms with Gasteiger partial charge in [-0.2, -0.15) is 0 Å². The van der Waals surface area contributed by atoms with Crippen LogP contribution in [0, 0.1) is 5.92 Å². The highest BCUT2D eigenvalue weighted by Crippen LogP contribution is 2.43. The Hall–Kier alpha value is -4.45. The second-order valence-electron chi connectivity index (χ2n) is 13.2. The number of pyridine rings is 1. The van der Waals surface area contributed by atoms with Crippen molar-refractivity contribution < 1.29 is 33.4 Å². The number of rotatable bonds is 9. The molecule has 0 spiro atoms. The third-order valence-corrected chi connectivity index (χ3v) is 9.42. The molecule has 256 valence electrons. The Bertz CT molecular complexity index is 1670. The molecule has 3 heterocycles. The minimum absolute atomic E-state index is 0.0703. The van der Waals surface area contributed by atoms with Crippen molar-refractivity contribution in [2.45, 2.75) is 77.9 Å². The maximum Gasteiger partial charge on any atom is 0.407 e. The number of hydrogen-bond donors (Lipinski definition) is 3. The van der Waals surface area contributed by atoms with Crippen LogP contribution in [0.3, 0.4) is 0 Å². The van der Waals surface area contributed by atoms with Crippen LogP contribution >= 0.6 is 11.3 Å². The van der Waals surface area contributed by atoms with Crippen molar-refractivity contribution in [2.75, 3.05) is 26.8 Å². The highest BCUT2D eigenvalue weighted by molar-refractivity contribution is 7.13. The van der Waals surface area contributed by atoms with Gasteiger partial charge in [-0.05, 0) is 100 Å². The van der Waals surface area contributed by atoms with Crippen molar-refractivity contribution >= 4 is 35.2 Å². The van der Waals surface area contributed by atoms with Crippen molar-refractivity contribution in [1.29, 1.82) is 0 Å². The highest BCUT2D eigenvalue weighted by Gasteiger charge is 2.29. The molecule has 48 heavy (non-hydrogen) atoms. The average Bonchev–Trinajstić information content (AvgIpc) is 3.46. The van der Waals surface area contributed by atoms with Crippen LogP contribution in [0.2, 0.25) is 0 Å². The molecule has 1 saturated carbocycles. The molecule has 1 fully saturated rings. The zero-order valence-corrected chi connectivity index (χ0v) is 29.0. The Morgan fingerprint density at radius 2 is 1.75 bits per heavy atom. The fourth-order valence-corrected chi connectivity index (χ4v) is 7.00. The van der Waals surface area contributed by atoms with Crippen LogP contribution in [0.5, 0.6) is 5.75 Å². The topological polar surface area (TPSA) is 145 Å². The quantitative estimate of drug-likeness (QED) is 0.229. The molecule has 2 aliphatic rings. The van der Waals surface area contributed by atoms with Gasteiger partial charge in [0.25, 0.3) is 11.8 Å². The van der Waals surface area contributed by atoms with Crippen molar-refractivity contribution in [1.82, 2.24) is 20.9 Å². The van der Waals surface area contributed by atoms with E-state index in [-0.39, 0.29) is 29.3 Å². The van der Waals surface area contributed by atoms with E-state index in [0.717, 1.165) is 54.5 Å². The van der Waals surface area contributed by atoms with Gasteiger partial charge in [0.1, 0.15) is 17.0 Å². The number of carbonyl (C=O) groups excluding carboxylic acids is 4. The summed E-state index contributed by atoms with van der Waals surface area (Å²) >= 11 is 1.59. The zero-order chi connectivity index (χ0) is 34.4. The van der Waals surface area contributed by atoms with Crippen molar-refractivity contribution in [3.8, 4) is 27.3 Å². The Labute approximate surface area is 285 Å². The Kier molecular flexibility index (Phi) is 11.0. The first-order valence-corrected chi connectivity index (χ1v) is 17.4. The number of fused-ring (bicyclic) bond motifs is 3. The standard InChI is InChI=1S/C36H44N4O7S/c1-6-15-37-33(42)28-12-11-24(30(40-28)34(43)45-5)25-19-29-27(31-22(13-16-46-29)14-17-48-31)18-26(25)32(41)39-23-9-7-21(8-10-23)20-38-35(44)47-36(2,3)4/h11-12,14,17-19,21,23H,6-10,13,15-16,20H2,1-5H3,(H,37,42)(H,38,44)(H,39,41). The number of thiophene rings is 1. The highest BCUT2D eigenvalue weighted by atomic mass is 32.1. The van der Waals surface area contributed by atoms with Gasteiger partial charge in [-0.25, -0.2) is 14.6 Å². The summed E-state index contributed by atoms with van der Waals surface area (Å²) in [4.78, 5) is 57.6. The number of hydrogen-bond acceptors (Lipinski definition) is 9. The molecule has 0 atom stereocenters. The second-order valence-corrected chi connectivity index (χ2v) is 14.1. The number of aromatic nitrogens is 1. The van der Waals surface area contributed by atoms with E-state index in [1.54, 1.807) is 29.5 Å². The number of ether oxygens (including phenoxy) is 3. The summed E-state index contributed by atoms with van der Waals surface area (Å²) in [6.07, 6.45) is 4.22. The van der Waals surface area contributed by atoms with Gasteiger partial charge in [-0.15, -0.1) is 11.3 Å². The predicted molar refractivity (Wildman–Crippen MR) is 184 cm³/mol. The third kappa shape index (κ3) is 8.33. The van der Waals surface area contributed by atoms with Crippen LogP contribution < -0.4 is 20.7 Å². The minimum Gasteiger partial charge on any atom is -0.493 e. The van der Waals surface area contributed by atoms with Gasteiger partial charge in [-0.3, -0.25) is 9.59 Å². The molecule has 12 heteroatoms. The molecule has 3 aromatic rings. The van der Waals surface area contributed by atoms with Crippen LogP contribution in [0.4, 0.5) is 4.79 Å². The molecule has 0 bridgehead atoms. The number of nitrogens with zero attached hydrogens (tertiary/aromatic N) is 1. The SMILES string of the molecule is CCCNC(=O)c1ccc(-c2cc3c(cc2C(=O)NC2CCC(CNC(=O)OC(C)(C)C)CC2)-c2sccc2CCO3)c(C(=O)OC)n1. The third-order valence-electron chi connectivity index (χ3n) is 8.43. The number of esters is 1. The van der Waals surface area contributed by atoms with E-state index in [1.807, 2.05) is 39.1 Å². The van der Waals surface area contributed by atoms with E-state index in [4.69, 9.17) is 14.2 Å². The smallest absolute Gasteiger partial charge is 0.407 e. The van der Waals surface area contributed by atoms with Crippen LogP contribution in [0.15, 0.2) is 35.7 Å². The maximum atomic E-state index is 14.2. The van der Waals surface area contributed by atoms with Crippen LogP contribution in [-0.4, -0.2) is 67.3 Å². The van der Waals surface area contributed by atoms with Gasteiger partial charge in [0, 0.05) is 52.7 Å². The molecule has 1 aromatic carbocycles. The lowest BCUT2D eigenvalue weighted by molar-refractivity contribution is 0.0513. The fraction of sp³-hybridized carbons (Fsp3) is 0.472. The van der Waals surface area contributed by atoms with Gasteiger partial charge < -0.3 is 30.2 Å². The summed E-state index contributed by atoms with van der Waals surface area (Å²) in [5.74, 6) is -0.535. The zero-order valence-electron chi connectivity index (χ0n) is 28.2. The number of nitrogens with one attached hydrogen (secondary N) is 3. The molecule has 0 radical (unpaired) electrons. The van der Waals surface area contributed by atoms with E-state index in [0.29, 0.717) is 42.1 Å². The number of amides is 3. The van der Waals surface area contributed by atoms with Gasteiger partial charge >= 0.3 is 12.1 Å². The van der Waals surface area contributed by atoms with Gasteiger partial charge in [-0.1, -0.05) is 6.92 Å². The molecule has 3 amide bonds. The van der Waals surface area contributed by atoms with Crippen molar-refractivity contribution in [3.63, 3.8) is 0 Å². The van der Waals surface area contributed by atoms with Crippen LogP contribution in [0.1, 0.15) is 96.7 Å². The molecular formula is C36H44N4O7S. The first-order chi connectivity index (χ1) is 23.0. The van der Waals surface area contributed by atoms with E-state index in [2.05, 4.69) is 27.0 Å². The second kappa shape index (κ2) is 15.2. The largest absolute Gasteiger partial charge is 0.493 e. The number of carbonyl (C=O) groups is 4. The molecular weight excluding hydrogens is 632 g/mol. The number of alkyl carbamates (subject to hydrolysis) is 1. The fourth-order valence-electron chi connectivity index (χ4n) is 6.03. The van der Waals surface area contributed by atoms with Crippen molar-refractivity contribution in [2.24, 2.45) is 5.92 Å². The summed E-state index contributed by atoms with van der Waals surface area (Å²) < 4.78 is 16.6. The normalized spacial score (nSPS) is 17.1. The first kappa shape index (κ1) is 34.9. The number of benzene rings is 1. The molecule has 2 aromatic heterocycles. The lowest BCUT2D eigenvalue weighted by Gasteiger charge is -2.30. The van der Waals surface area contributed by atoms with Gasteiger partial charge in [0.05, 0.1) is 13.7 Å². The van der Waals surface area contributed by atoms with Crippen LogP contribution in [-0.2, 0) is 15.9 Å². The summed E-state index contributed by atoms with van der Waals surface area (Å²) in [5, 5.41) is 10.9. The van der Waals surface area contributed by atoms with E-state index < -0.39 is 23.6 Å². The summed E-state index contributed by atoms with van der Waals surface area (Å²) in [6, 6.07) is 8.81. The monoisotopic (exact) mass is 676 g/mol. The first-order valence-electron chi connectivity index (χ1n) is 16.5. The average molecular weight is 677 g/mol. The molecule has 5 rings (SSSR count). The molecule has 1 aliphatic carbocycles. The van der Waals surface area contributed by atoms with Crippen LogP contribution in [0.25, 0.3) is 21.6 Å². The minimum atomic E-state index is -0.726. The maximum absolute atomic E-state index is 14.2. The molecule has 1 aliphatic heterocycles. The molecule has 3 N–H and O–H groups in total. The Balaban J connectivity index is 1.44. The summed E-state index contributed by atoms with van der Waals surface area (Å²) in [5.41, 5.74) is 2.58. The Morgan fingerprint density at radius 3 is 2.46 bits per heavy atom. The van der Waals surface area contributed by atoms with E-state index >= 15 is 0 Å². The summed E-state index contributed by atoms with van der Waals surface area (Å²) in [7, 11) is 1.25. The van der Waals surface area contributed by atoms with Crippen molar-refractivity contribution in [3.05, 3.63) is 58.2 Å². The van der Waals surface area contributed by atoms with E-state index in [1.165, 1.54) is 7.11 Å².